The zero-order valence-electron chi connectivity index (χ0n) is 28.7. The van der Waals surface area contributed by atoms with E-state index >= 15 is 0 Å². The predicted octanol–water partition coefficient (Wildman–Crippen LogP) is 11.5. The molecule has 2 aliphatic heterocycles. The first-order valence-electron chi connectivity index (χ1n) is 16.7. The van der Waals surface area contributed by atoms with Crippen LogP contribution in [0, 0.1) is 41.5 Å². The first-order valence-corrected chi connectivity index (χ1v) is 17.5. The molecule has 3 aromatic heterocycles. The largest absolute Gasteiger partial charge is 0.353 e. The van der Waals surface area contributed by atoms with Gasteiger partial charge in [-0.2, -0.15) is 0 Å². The minimum absolute atomic E-state index is 0.633. The van der Waals surface area contributed by atoms with Gasteiger partial charge in [0.15, 0.2) is 0 Å². The van der Waals surface area contributed by atoms with Gasteiger partial charge in [-0.05, 0) is 139 Å². The number of aryl methyl sites for hydroxylation is 6. The van der Waals surface area contributed by atoms with Crippen LogP contribution in [0.1, 0.15) is 62.0 Å². The maximum absolute atomic E-state index is 5.38. The van der Waals surface area contributed by atoms with Crippen LogP contribution in [-0.4, -0.2) is 24.5 Å². The molecule has 6 heteroatoms. The molecule has 49 heavy (non-hydrogen) atoms. The Kier molecular flexibility index (Phi) is 7.64. The Morgan fingerprint density at radius 3 is 1.61 bits per heavy atom. The summed E-state index contributed by atoms with van der Waals surface area (Å²) < 4.78 is 3.22. The summed E-state index contributed by atoms with van der Waals surface area (Å²) in [6.45, 7) is 13.7. The van der Waals surface area contributed by atoms with Crippen molar-refractivity contribution >= 4 is 62.3 Å². The maximum atomic E-state index is 5.38. The number of aromatic nitrogens is 5. The minimum Gasteiger partial charge on any atom is -0.353 e. The molecule has 0 spiro atoms. The van der Waals surface area contributed by atoms with E-state index in [9.17, 15) is 0 Å². The number of H-pyrrole nitrogens is 2. The molecule has 5 nitrogen and oxygen atoms in total. The number of aromatic amines is 2. The van der Waals surface area contributed by atoms with Gasteiger partial charge in [-0.3, -0.25) is 0 Å². The number of nitrogens with one attached hydrogen (secondary N) is 2. The van der Waals surface area contributed by atoms with Crippen LogP contribution in [0.25, 0.3) is 68.6 Å². The number of hydrogen-bond donors (Lipinski definition) is 2. The summed E-state index contributed by atoms with van der Waals surface area (Å²) in [5, 5.41) is 0. The van der Waals surface area contributed by atoms with E-state index in [0.717, 1.165) is 60.7 Å². The van der Waals surface area contributed by atoms with E-state index in [-0.39, 0.29) is 0 Å². The average Bonchev–Trinajstić information content (AvgIpc) is 3.87. The van der Waals surface area contributed by atoms with Gasteiger partial charge < -0.3 is 14.5 Å². The summed E-state index contributed by atoms with van der Waals surface area (Å²) in [6, 6.07) is 26.1. The SMILES string of the molecule is Cc1cc(C)c(-c2c3nc(n(Cc4ccccc4)c4nc(c(-c5c(C)cc(C)cc5C)c5cc(Br)c([nH]5)c5ccc2[nH]5)C=C4)C=C3)c(C)c1. The van der Waals surface area contributed by atoms with E-state index in [2.05, 4.69) is 169 Å². The molecule has 0 atom stereocenters. The van der Waals surface area contributed by atoms with Gasteiger partial charge in [0, 0.05) is 26.6 Å². The van der Waals surface area contributed by atoms with Crippen LogP contribution >= 0.6 is 15.9 Å². The Balaban J connectivity index is 1.56. The van der Waals surface area contributed by atoms with Crippen molar-refractivity contribution in [2.45, 2.75) is 48.1 Å². The quantitative estimate of drug-likeness (QED) is 0.192. The molecular formula is C43H38BrN5. The zero-order valence-corrected chi connectivity index (χ0v) is 30.3. The molecule has 3 aromatic carbocycles. The van der Waals surface area contributed by atoms with E-state index in [1.807, 2.05) is 0 Å². The van der Waals surface area contributed by atoms with Crippen LogP contribution in [0.4, 0.5) is 0 Å². The predicted molar refractivity (Wildman–Crippen MR) is 209 cm³/mol. The van der Waals surface area contributed by atoms with Crippen molar-refractivity contribution in [1.82, 2.24) is 24.5 Å². The molecule has 0 saturated heterocycles. The van der Waals surface area contributed by atoms with Gasteiger partial charge in [-0.15, -0.1) is 0 Å². The summed E-state index contributed by atoms with van der Waals surface area (Å²) in [5.41, 5.74) is 18.9. The molecule has 2 aliphatic rings. The number of nitrogens with zero attached hydrogens (tertiary/aromatic N) is 3. The second kappa shape index (κ2) is 12.0. The van der Waals surface area contributed by atoms with Crippen LogP contribution in [-0.2, 0) is 6.54 Å². The van der Waals surface area contributed by atoms with Crippen molar-refractivity contribution in [2.24, 2.45) is 0 Å². The Labute approximate surface area is 295 Å². The molecule has 6 aromatic rings. The summed E-state index contributed by atoms with van der Waals surface area (Å²) in [5.74, 6) is 1.72. The van der Waals surface area contributed by atoms with Gasteiger partial charge in [-0.25, -0.2) is 9.97 Å². The summed E-state index contributed by atoms with van der Waals surface area (Å²) >= 11 is 3.93. The highest BCUT2D eigenvalue weighted by molar-refractivity contribution is 9.10. The fourth-order valence-corrected chi connectivity index (χ4v) is 8.27. The lowest BCUT2D eigenvalue weighted by molar-refractivity contribution is 0.740. The molecule has 242 valence electrons. The highest BCUT2D eigenvalue weighted by Crippen LogP contribution is 2.39. The summed E-state index contributed by atoms with van der Waals surface area (Å²) in [6.07, 6.45) is 8.56. The van der Waals surface area contributed by atoms with Gasteiger partial charge in [0.05, 0.1) is 29.0 Å². The number of halogens is 1. The lowest BCUT2D eigenvalue weighted by atomic mass is 9.92. The molecule has 0 fully saturated rings. The number of benzene rings is 3. The van der Waals surface area contributed by atoms with Crippen molar-refractivity contribution in [3.8, 4) is 22.3 Å². The standard InChI is InChI=1S/C43H38BrN5/c1-24-18-26(3)39(27(4)19-24)41-32-12-13-35(45-32)43-31(44)22-36(48-43)42(40-28(5)20-25(2)21-29(40)6)34-15-17-38(47-34)49(37-16-14-33(41)46-37)23-30-10-8-7-9-11-30/h7-22,45,48H,23H2,1-6H3. The van der Waals surface area contributed by atoms with Crippen LogP contribution in [0.15, 0.2) is 77.3 Å². The van der Waals surface area contributed by atoms with E-state index in [4.69, 9.17) is 9.97 Å². The second-order valence-electron chi connectivity index (χ2n) is 13.4. The normalized spacial score (nSPS) is 12.3. The second-order valence-corrected chi connectivity index (χ2v) is 14.3. The molecule has 5 heterocycles. The summed E-state index contributed by atoms with van der Waals surface area (Å²) in [4.78, 5) is 18.4. The zero-order chi connectivity index (χ0) is 34.0. The van der Waals surface area contributed by atoms with Gasteiger partial charge in [-0.1, -0.05) is 65.7 Å². The fraction of sp³-hybridized carbons (Fsp3) is 0.163. The van der Waals surface area contributed by atoms with E-state index in [1.165, 1.54) is 50.1 Å². The molecular weight excluding hydrogens is 666 g/mol. The molecule has 8 bridgehead atoms. The van der Waals surface area contributed by atoms with Crippen molar-refractivity contribution in [3.63, 3.8) is 0 Å². The third kappa shape index (κ3) is 5.50. The van der Waals surface area contributed by atoms with E-state index < -0.39 is 0 Å². The van der Waals surface area contributed by atoms with Gasteiger partial charge in [0.25, 0.3) is 0 Å². The highest BCUT2D eigenvalue weighted by Gasteiger charge is 2.21. The molecule has 2 N–H and O–H groups in total. The molecule has 0 radical (unpaired) electrons. The van der Waals surface area contributed by atoms with Gasteiger partial charge in [0.2, 0.25) is 0 Å². The Morgan fingerprint density at radius 2 is 1.06 bits per heavy atom. The molecule has 8 rings (SSSR count). The number of fused-ring (bicyclic) bond motifs is 9. The van der Waals surface area contributed by atoms with E-state index in [0.29, 0.717) is 6.54 Å². The third-order valence-electron chi connectivity index (χ3n) is 9.62. The van der Waals surface area contributed by atoms with Crippen molar-refractivity contribution in [1.29, 1.82) is 0 Å². The molecule has 0 saturated carbocycles. The topological polar surface area (TPSA) is 62.3 Å². The smallest absolute Gasteiger partial charge is 0.135 e. The van der Waals surface area contributed by atoms with Crippen LogP contribution < -0.4 is 0 Å². The van der Waals surface area contributed by atoms with Gasteiger partial charge >= 0.3 is 0 Å². The van der Waals surface area contributed by atoms with Crippen LogP contribution in [0.3, 0.4) is 0 Å². The first kappa shape index (κ1) is 31.1. The summed E-state index contributed by atoms with van der Waals surface area (Å²) in [7, 11) is 0. The maximum Gasteiger partial charge on any atom is 0.135 e. The number of hydrogen-bond acceptors (Lipinski definition) is 2. The Hall–Kier alpha value is -5.20. The Morgan fingerprint density at radius 1 is 0.551 bits per heavy atom. The Bertz CT molecular complexity index is 2490. The lowest BCUT2D eigenvalue weighted by Gasteiger charge is -2.13. The number of rotatable bonds is 4. The average molecular weight is 705 g/mol. The van der Waals surface area contributed by atoms with E-state index in [1.54, 1.807) is 0 Å². The fourth-order valence-electron chi connectivity index (χ4n) is 7.72. The molecule has 0 unspecified atom stereocenters. The molecule has 0 aliphatic carbocycles. The van der Waals surface area contributed by atoms with Crippen molar-refractivity contribution in [2.75, 3.05) is 0 Å². The van der Waals surface area contributed by atoms with Crippen molar-refractivity contribution in [3.05, 3.63) is 139 Å². The lowest BCUT2D eigenvalue weighted by Crippen LogP contribution is -2.08. The van der Waals surface area contributed by atoms with Crippen LogP contribution in [0.5, 0.6) is 0 Å². The minimum atomic E-state index is 0.633. The first-order chi connectivity index (χ1) is 23.6. The highest BCUT2D eigenvalue weighted by atomic mass is 79.9. The van der Waals surface area contributed by atoms with Gasteiger partial charge in [0.1, 0.15) is 11.6 Å². The monoisotopic (exact) mass is 703 g/mol. The van der Waals surface area contributed by atoms with Crippen molar-refractivity contribution < 1.29 is 0 Å². The molecule has 0 amide bonds. The third-order valence-corrected chi connectivity index (χ3v) is 10.2. The van der Waals surface area contributed by atoms with Crippen LogP contribution in [0.2, 0.25) is 0 Å².